The summed E-state index contributed by atoms with van der Waals surface area (Å²) in [5.74, 6) is 0. The minimum atomic E-state index is -0.422. The molecule has 0 fully saturated rings. The summed E-state index contributed by atoms with van der Waals surface area (Å²) in [5.41, 5.74) is 3.08. The van der Waals surface area contributed by atoms with Crippen molar-refractivity contribution >= 4 is 45.3 Å². The third-order valence-corrected chi connectivity index (χ3v) is 3.69. The van der Waals surface area contributed by atoms with Gasteiger partial charge in [0.25, 0.3) is 0 Å². The van der Waals surface area contributed by atoms with Crippen LogP contribution in [0, 0.1) is 0 Å². The zero-order valence-electron chi connectivity index (χ0n) is 11.7. The molecule has 118 valence electrons. The molecule has 4 heterocycles. The number of aromatic amines is 1. The van der Waals surface area contributed by atoms with Crippen molar-refractivity contribution in [2.45, 2.75) is 6.54 Å². The Morgan fingerprint density at radius 2 is 1.74 bits per heavy atom. The molecule has 0 unspecified atom stereocenters. The number of aryl methyl sites for hydroxylation is 1. The molecule has 4 rings (SSSR count). The molecular formula is C14H11Cl2FN6. The Balaban J connectivity index is 0.000000140. The molecular weight excluding hydrogens is 342 g/mol. The second kappa shape index (κ2) is 6.89. The molecule has 23 heavy (non-hydrogen) atoms. The van der Waals surface area contributed by atoms with Gasteiger partial charge >= 0.3 is 0 Å². The van der Waals surface area contributed by atoms with Crippen LogP contribution in [0.3, 0.4) is 0 Å². The summed E-state index contributed by atoms with van der Waals surface area (Å²) in [6.07, 6.45) is 6.37. The van der Waals surface area contributed by atoms with E-state index in [2.05, 4.69) is 24.9 Å². The van der Waals surface area contributed by atoms with Crippen LogP contribution in [0.15, 0.2) is 37.2 Å². The maximum absolute atomic E-state index is 12.1. The van der Waals surface area contributed by atoms with Crippen LogP contribution >= 0.6 is 23.2 Å². The van der Waals surface area contributed by atoms with Crippen molar-refractivity contribution in [2.24, 2.45) is 0 Å². The second-order valence-electron chi connectivity index (χ2n) is 4.50. The van der Waals surface area contributed by atoms with E-state index in [4.69, 9.17) is 23.2 Å². The van der Waals surface area contributed by atoms with E-state index in [0.29, 0.717) is 15.8 Å². The molecule has 0 aliphatic carbocycles. The average Bonchev–Trinajstić information content (AvgIpc) is 3.17. The second-order valence-corrected chi connectivity index (χ2v) is 5.21. The Morgan fingerprint density at radius 1 is 1.00 bits per heavy atom. The summed E-state index contributed by atoms with van der Waals surface area (Å²) < 4.78 is 13.8. The topological polar surface area (TPSA) is 72.3 Å². The van der Waals surface area contributed by atoms with E-state index in [1.165, 1.54) is 12.7 Å². The minimum Gasteiger partial charge on any atom is -0.357 e. The fraction of sp³-hybridized carbons (Fsp3) is 0.143. The Labute approximate surface area is 140 Å². The van der Waals surface area contributed by atoms with Gasteiger partial charge in [-0.3, -0.25) is 0 Å². The van der Waals surface area contributed by atoms with Gasteiger partial charge in [0.2, 0.25) is 0 Å². The molecule has 4 aromatic rings. The Kier molecular flexibility index (Phi) is 4.68. The summed E-state index contributed by atoms with van der Waals surface area (Å²) in [4.78, 5) is 18.5. The van der Waals surface area contributed by atoms with E-state index in [9.17, 15) is 4.39 Å². The van der Waals surface area contributed by atoms with Gasteiger partial charge in [-0.25, -0.2) is 24.3 Å². The monoisotopic (exact) mass is 352 g/mol. The SMILES string of the molecule is Clc1ncnc2cc[nH]c12.FCCn1ccc2ncnc(Cl)c21. The lowest BCUT2D eigenvalue weighted by Gasteiger charge is -2.01. The van der Waals surface area contributed by atoms with Gasteiger partial charge in [-0.1, -0.05) is 23.2 Å². The number of hydrogen-bond acceptors (Lipinski definition) is 4. The highest BCUT2D eigenvalue weighted by molar-refractivity contribution is 6.33. The molecule has 1 N–H and O–H groups in total. The number of nitrogens with one attached hydrogen (secondary N) is 1. The molecule has 0 saturated carbocycles. The Hall–Kier alpha value is -2.25. The molecule has 0 amide bonds. The number of nitrogens with zero attached hydrogens (tertiary/aromatic N) is 5. The van der Waals surface area contributed by atoms with Crippen molar-refractivity contribution in [2.75, 3.05) is 6.67 Å². The molecule has 0 aromatic carbocycles. The number of hydrogen-bond donors (Lipinski definition) is 1. The number of H-pyrrole nitrogens is 1. The smallest absolute Gasteiger partial charge is 0.156 e. The van der Waals surface area contributed by atoms with Gasteiger partial charge in [0.05, 0.1) is 17.6 Å². The summed E-state index contributed by atoms with van der Waals surface area (Å²) >= 11 is 11.6. The molecule has 0 bridgehead atoms. The Bertz CT molecular complexity index is 935. The molecule has 0 saturated heterocycles. The maximum atomic E-state index is 12.1. The third kappa shape index (κ3) is 3.25. The van der Waals surface area contributed by atoms with E-state index in [-0.39, 0.29) is 6.54 Å². The van der Waals surface area contributed by atoms with Crippen LogP contribution in [0.25, 0.3) is 22.1 Å². The van der Waals surface area contributed by atoms with E-state index in [1.807, 2.05) is 6.07 Å². The van der Waals surface area contributed by atoms with Crippen LogP contribution in [0.5, 0.6) is 0 Å². The first kappa shape index (κ1) is 15.6. The highest BCUT2D eigenvalue weighted by atomic mass is 35.5. The van der Waals surface area contributed by atoms with Gasteiger partial charge in [-0.05, 0) is 12.1 Å². The van der Waals surface area contributed by atoms with Crippen molar-refractivity contribution < 1.29 is 4.39 Å². The van der Waals surface area contributed by atoms with E-state index in [0.717, 1.165) is 16.6 Å². The Morgan fingerprint density at radius 3 is 2.48 bits per heavy atom. The zero-order valence-corrected chi connectivity index (χ0v) is 13.3. The predicted molar refractivity (Wildman–Crippen MR) is 87.4 cm³/mol. The van der Waals surface area contributed by atoms with Crippen LogP contribution < -0.4 is 0 Å². The zero-order chi connectivity index (χ0) is 16.2. The first-order valence-corrected chi connectivity index (χ1v) is 7.41. The average molecular weight is 353 g/mol. The van der Waals surface area contributed by atoms with Crippen LogP contribution in [0.2, 0.25) is 10.3 Å². The standard InChI is InChI=1S/C8H7ClFN3.C6H4ClN3/c9-8-7-6(11-5-12-8)1-3-13(7)4-2-10;7-6-5-4(1-2-8-5)9-3-10-6/h1,3,5H,2,4H2;1-3,8H. The normalized spacial score (nSPS) is 10.7. The van der Waals surface area contributed by atoms with Crippen LogP contribution in [-0.4, -0.2) is 36.2 Å². The highest BCUT2D eigenvalue weighted by Crippen LogP contribution is 2.20. The van der Waals surface area contributed by atoms with E-state index < -0.39 is 6.67 Å². The number of rotatable bonds is 2. The van der Waals surface area contributed by atoms with E-state index >= 15 is 0 Å². The number of fused-ring (bicyclic) bond motifs is 2. The number of alkyl halides is 1. The van der Waals surface area contributed by atoms with Crippen molar-refractivity contribution in [3.8, 4) is 0 Å². The molecule has 0 atom stereocenters. The van der Waals surface area contributed by atoms with Crippen molar-refractivity contribution in [3.63, 3.8) is 0 Å². The quantitative estimate of drug-likeness (QED) is 0.558. The van der Waals surface area contributed by atoms with Crippen molar-refractivity contribution in [3.05, 3.63) is 47.5 Å². The summed E-state index contributed by atoms with van der Waals surface area (Å²) in [7, 11) is 0. The first-order valence-electron chi connectivity index (χ1n) is 6.65. The molecule has 9 heteroatoms. The fourth-order valence-corrected chi connectivity index (χ4v) is 2.55. The van der Waals surface area contributed by atoms with Crippen molar-refractivity contribution in [1.82, 2.24) is 29.5 Å². The minimum absolute atomic E-state index is 0.288. The lowest BCUT2D eigenvalue weighted by Crippen LogP contribution is -1.98. The van der Waals surface area contributed by atoms with E-state index in [1.54, 1.807) is 23.0 Å². The third-order valence-electron chi connectivity index (χ3n) is 3.13. The molecule has 4 aromatic heterocycles. The van der Waals surface area contributed by atoms with Crippen LogP contribution in [0.4, 0.5) is 4.39 Å². The van der Waals surface area contributed by atoms with Gasteiger partial charge in [0.1, 0.15) is 30.4 Å². The number of aromatic nitrogens is 6. The van der Waals surface area contributed by atoms with Gasteiger partial charge < -0.3 is 9.55 Å². The largest absolute Gasteiger partial charge is 0.357 e. The fourth-order valence-electron chi connectivity index (χ4n) is 2.11. The first-order chi connectivity index (χ1) is 11.2. The molecule has 0 aliphatic rings. The van der Waals surface area contributed by atoms with Gasteiger partial charge in [0, 0.05) is 12.4 Å². The van der Waals surface area contributed by atoms with Crippen molar-refractivity contribution in [1.29, 1.82) is 0 Å². The molecule has 0 radical (unpaired) electrons. The lowest BCUT2D eigenvalue weighted by atomic mass is 10.4. The molecule has 0 aliphatic heterocycles. The van der Waals surface area contributed by atoms with Gasteiger partial charge in [-0.15, -0.1) is 0 Å². The summed E-state index contributed by atoms with van der Waals surface area (Å²) in [5, 5.41) is 0.832. The molecule has 6 nitrogen and oxygen atoms in total. The van der Waals surface area contributed by atoms with Crippen LogP contribution in [-0.2, 0) is 6.54 Å². The highest BCUT2D eigenvalue weighted by Gasteiger charge is 2.06. The number of halogens is 3. The molecule has 0 spiro atoms. The summed E-state index contributed by atoms with van der Waals surface area (Å²) in [6, 6.07) is 3.64. The van der Waals surface area contributed by atoms with Gasteiger partial charge in [0.15, 0.2) is 10.3 Å². The lowest BCUT2D eigenvalue weighted by molar-refractivity contribution is 0.451. The summed E-state index contributed by atoms with van der Waals surface area (Å²) in [6.45, 7) is -0.133. The van der Waals surface area contributed by atoms with Crippen LogP contribution in [0.1, 0.15) is 0 Å². The maximum Gasteiger partial charge on any atom is 0.156 e. The van der Waals surface area contributed by atoms with Gasteiger partial charge in [-0.2, -0.15) is 0 Å². The predicted octanol–water partition coefficient (Wildman–Crippen LogP) is 3.67.